The first kappa shape index (κ1) is 22.9. The summed E-state index contributed by atoms with van der Waals surface area (Å²) < 4.78 is 43.1. The molecule has 0 radical (unpaired) electrons. The van der Waals surface area contributed by atoms with E-state index in [1.54, 1.807) is 24.3 Å². The van der Waals surface area contributed by atoms with E-state index in [1.165, 1.54) is 12.0 Å². The number of hydrogen-bond donors (Lipinski definition) is 3. The maximum Gasteiger partial charge on any atom is 0.416 e. The van der Waals surface area contributed by atoms with Gasteiger partial charge in [0.1, 0.15) is 11.8 Å². The highest BCUT2D eigenvalue weighted by atomic mass is 19.4. The van der Waals surface area contributed by atoms with Crippen LogP contribution in [0.1, 0.15) is 12.0 Å². The lowest BCUT2D eigenvalue weighted by Crippen LogP contribution is -2.59. The first-order valence-electron chi connectivity index (χ1n) is 9.64. The molecule has 2 aromatic carbocycles. The molecular weight excluding hydrogens is 429 g/mol. The van der Waals surface area contributed by atoms with Crippen molar-refractivity contribution in [2.45, 2.75) is 18.6 Å². The van der Waals surface area contributed by atoms with Gasteiger partial charge in [0.15, 0.2) is 0 Å². The summed E-state index contributed by atoms with van der Waals surface area (Å²) in [5.41, 5.74) is -0.218. The van der Waals surface area contributed by atoms with Crippen molar-refractivity contribution in [1.82, 2.24) is 10.2 Å². The van der Waals surface area contributed by atoms with Crippen LogP contribution >= 0.6 is 0 Å². The number of nitrogens with one attached hydrogen (secondary N) is 3. The number of halogens is 3. The third kappa shape index (κ3) is 5.68. The van der Waals surface area contributed by atoms with Gasteiger partial charge in [0, 0.05) is 24.5 Å². The van der Waals surface area contributed by atoms with E-state index in [9.17, 15) is 27.6 Å². The number of ether oxygens (including phenoxy) is 1. The van der Waals surface area contributed by atoms with Gasteiger partial charge in [-0.15, -0.1) is 0 Å². The summed E-state index contributed by atoms with van der Waals surface area (Å²) in [5, 5.41) is 7.73. The first-order chi connectivity index (χ1) is 15.2. The van der Waals surface area contributed by atoms with Crippen molar-refractivity contribution >= 4 is 29.2 Å². The summed E-state index contributed by atoms with van der Waals surface area (Å²) in [5.74, 6) is -0.367. The molecule has 11 heteroatoms. The first-order valence-corrected chi connectivity index (χ1v) is 9.64. The molecule has 0 saturated carbocycles. The van der Waals surface area contributed by atoms with Gasteiger partial charge in [-0.05, 0) is 48.5 Å². The SMILES string of the molecule is COc1ccc(NC(=O)C[C@H]2C(=O)NCCN2C(=O)Nc2ccc(C(F)(F)F)cc2)cc1. The van der Waals surface area contributed by atoms with E-state index in [1.807, 2.05) is 0 Å². The number of hydrogen-bond acceptors (Lipinski definition) is 4. The summed E-state index contributed by atoms with van der Waals surface area (Å²) in [6.07, 6.45) is -4.78. The molecule has 1 aliphatic heterocycles. The minimum absolute atomic E-state index is 0.135. The molecule has 1 atom stereocenters. The molecule has 2 aromatic rings. The Hall–Kier alpha value is -3.76. The highest BCUT2D eigenvalue weighted by Crippen LogP contribution is 2.30. The number of benzene rings is 2. The van der Waals surface area contributed by atoms with Crippen LogP contribution in [0.4, 0.5) is 29.3 Å². The highest BCUT2D eigenvalue weighted by molar-refractivity contribution is 5.99. The third-order valence-electron chi connectivity index (χ3n) is 4.81. The predicted molar refractivity (Wildman–Crippen MR) is 110 cm³/mol. The molecule has 170 valence electrons. The van der Waals surface area contributed by atoms with Crippen LogP contribution in [0.2, 0.25) is 0 Å². The molecule has 1 heterocycles. The molecule has 3 rings (SSSR count). The maximum atomic E-state index is 12.7. The largest absolute Gasteiger partial charge is 0.497 e. The zero-order valence-electron chi connectivity index (χ0n) is 17.0. The van der Waals surface area contributed by atoms with Crippen molar-refractivity contribution in [3.63, 3.8) is 0 Å². The molecule has 3 N–H and O–H groups in total. The number of rotatable bonds is 5. The number of urea groups is 1. The summed E-state index contributed by atoms with van der Waals surface area (Å²) in [4.78, 5) is 38.7. The lowest BCUT2D eigenvalue weighted by atomic mass is 10.1. The second-order valence-corrected chi connectivity index (χ2v) is 6.99. The highest BCUT2D eigenvalue weighted by Gasteiger charge is 2.35. The molecule has 0 aromatic heterocycles. The molecule has 0 bridgehead atoms. The van der Waals surface area contributed by atoms with Gasteiger partial charge >= 0.3 is 12.2 Å². The Labute approximate surface area is 181 Å². The average Bonchev–Trinajstić information content (AvgIpc) is 2.75. The van der Waals surface area contributed by atoms with Crippen molar-refractivity contribution in [2.75, 3.05) is 30.8 Å². The van der Waals surface area contributed by atoms with Gasteiger partial charge in [0.25, 0.3) is 0 Å². The summed E-state index contributed by atoms with van der Waals surface area (Å²) in [6.45, 7) is 0.328. The number of nitrogens with zero attached hydrogens (tertiary/aromatic N) is 1. The molecule has 0 aliphatic carbocycles. The molecule has 1 fully saturated rings. The Morgan fingerprint density at radius 1 is 1.06 bits per heavy atom. The number of carbonyl (C=O) groups is 3. The number of piperazine rings is 1. The predicted octanol–water partition coefficient (Wildman–Crippen LogP) is 3.08. The fourth-order valence-electron chi connectivity index (χ4n) is 3.16. The molecule has 4 amide bonds. The fraction of sp³-hybridized carbons (Fsp3) is 0.286. The van der Waals surface area contributed by atoms with Gasteiger partial charge < -0.3 is 25.6 Å². The molecule has 8 nitrogen and oxygen atoms in total. The van der Waals surface area contributed by atoms with Crippen LogP contribution in [0.3, 0.4) is 0 Å². The Bertz CT molecular complexity index is 978. The van der Waals surface area contributed by atoms with Crippen LogP contribution in [-0.2, 0) is 15.8 Å². The van der Waals surface area contributed by atoms with Gasteiger partial charge in [0.05, 0.1) is 19.1 Å². The number of carbonyl (C=O) groups excluding carboxylic acids is 3. The third-order valence-corrected chi connectivity index (χ3v) is 4.81. The Morgan fingerprint density at radius 2 is 1.66 bits per heavy atom. The van der Waals surface area contributed by atoms with Gasteiger partial charge in [0.2, 0.25) is 11.8 Å². The van der Waals surface area contributed by atoms with Crippen LogP contribution < -0.4 is 20.7 Å². The van der Waals surface area contributed by atoms with Crippen LogP contribution in [0.25, 0.3) is 0 Å². The quantitative estimate of drug-likeness (QED) is 0.652. The minimum Gasteiger partial charge on any atom is -0.497 e. The van der Waals surface area contributed by atoms with Gasteiger partial charge in [-0.2, -0.15) is 13.2 Å². The molecular formula is C21H21F3N4O4. The number of amides is 4. The second kappa shape index (κ2) is 9.58. The Balaban J connectivity index is 1.65. The normalized spacial score (nSPS) is 16.2. The van der Waals surface area contributed by atoms with Gasteiger partial charge in [-0.1, -0.05) is 0 Å². The summed E-state index contributed by atoms with van der Waals surface area (Å²) >= 11 is 0. The molecule has 1 aliphatic rings. The van der Waals surface area contributed by atoms with E-state index in [0.29, 0.717) is 11.4 Å². The van der Waals surface area contributed by atoms with E-state index in [0.717, 1.165) is 24.3 Å². The number of alkyl halides is 3. The number of methoxy groups -OCH3 is 1. The van der Waals surface area contributed by atoms with Crippen molar-refractivity contribution in [2.24, 2.45) is 0 Å². The average molecular weight is 450 g/mol. The molecule has 32 heavy (non-hydrogen) atoms. The topological polar surface area (TPSA) is 99.8 Å². The maximum absolute atomic E-state index is 12.7. The van der Waals surface area contributed by atoms with Crippen molar-refractivity contribution < 1.29 is 32.3 Å². The smallest absolute Gasteiger partial charge is 0.416 e. The van der Waals surface area contributed by atoms with E-state index >= 15 is 0 Å². The Morgan fingerprint density at radius 3 is 2.25 bits per heavy atom. The van der Waals surface area contributed by atoms with Crippen LogP contribution in [-0.4, -0.2) is 49.0 Å². The Kier molecular flexibility index (Phi) is 6.86. The lowest BCUT2D eigenvalue weighted by molar-refractivity contribution is -0.137. The number of anilines is 2. The second-order valence-electron chi connectivity index (χ2n) is 6.99. The summed E-state index contributed by atoms with van der Waals surface area (Å²) in [6, 6.07) is 8.75. The zero-order valence-corrected chi connectivity index (χ0v) is 17.0. The molecule has 0 spiro atoms. The standard InChI is InChI=1S/C21H21F3N4O4/c1-32-16-8-6-14(7-9-16)26-18(29)12-17-19(30)25-10-11-28(17)20(31)27-15-4-2-13(3-5-15)21(22,23)24/h2-9,17H,10-12H2,1H3,(H,25,30)(H,26,29)(H,27,31)/t17-/m0/s1. The minimum atomic E-state index is -4.49. The van der Waals surface area contributed by atoms with Crippen molar-refractivity contribution in [3.05, 3.63) is 54.1 Å². The molecule has 0 unspecified atom stereocenters. The van der Waals surface area contributed by atoms with Crippen molar-refractivity contribution in [3.8, 4) is 5.75 Å². The van der Waals surface area contributed by atoms with Crippen molar-refractivity contribution in [1.29, 1.82) is 0 Å². The lowest BCUT2D eigenvalue weighted by Gasteiger charge is -2.34. The van der Waals surface area contributed by atoms with E-state index in [-0.39, 0.29) is 25.2 Å². The van der Waals surface area contributed by atoms with E-state index in [4.69, 9.17) is 4.74 Å². The van der Waals surface area contributed by atoms with Gasteiger partial charge in [-0.25, -0.2) is 4.79 Å². The fourth-order valence-corrected chi connectivity index (χ4v) is 3.16. The van der Waals surface area contributed by atoms with E-state index < -0.39 is 35.6 Å². The zero-order chi connectivity index (χ0) is 23.3. The van der Waals surface area contributed by atoms with Crippen LogP contribution in [0.5, 0.6) is 5.75 Å². The monoisotopic (exact) mass is 450 g/mol. The summed E-state index contributed by atoms with van der Waals surface area (Å²) in [7, 11) is 1.51. The van der Waals surface area contributed by atoms with Gasteiger partial charge in [-0.3, -0.25) is 9.59 Å². The van der Waals surface area contributed by atoms with Crippen LogP contribution in [0, 0.1) is 0 Å². The van der Waals surface area contributed by atoms with Crippen LogP contribution in [0.15, 0.2) is 48.5 Å². The van der Waals surface area contributed by atoms with E-state index in [2.05, 4.69) is 16.0 Å². The molecule has 1 saturated heterocycles.